The van der Waals surface area contributed by atoms with Crippen LogP contribution >= 0.6 is 0 Å². The molecule has 4 N–H and O–H groups in total. The Morgan fingerprint density at radius 1 is 1.19 bits per heavy atom. The van der Waals surface area contributed by atoms with Gasteiger partial charge in [0.25, 0.3) is 0 Å². The van der Waals surface area contributed by atoms with Gasteiger partial charge in [0.1, 0.15) is 11.5 Å². The van der Waals surface area contributed by atoms with Gasteiger partial charge in [0.05, 0.1) is 5.69 Å². The molecule has 0 fully saturated rings. The first-order valence-corrected chi connectivity index (χ1v) is 5.82. The van der Waals surface area contributed by atoms with Crippen molar-refractivity contribution in [3.05, 3.63) is 59.2 Å². The average molecular weight is 296 g/mol. The van der Waals surface area contributed by atoms with Crippen LogP contribution in [-0.2, 0) is 6.54 Å². The number of nitrogens with one attached hydrogen (secondary N) is 1. The Bertz CT molecular complexity index is 691. The zero-order valence-corrected chi connectivity index (χ0v) is 10.6. The Balaban J connectivity index is 2.15. The predicted octanol–water partition coefficient (Wildman–Crippen LogP) is 2.21. The van der Waals surface area contributed by atoms with Crippen LogP contribution in [0.5, 0.6) is 0 Å². The second-order valence-corrected chi connectivity index (χ2v) is 4.13. The van der Waals surface area contributed by atoms with E-state index in [1.54, 1.807) is 6.07 Å². The summed E-state index contributed by atoms with van der Waals surface area (Å²) in [4.78, 5) is 3.88. The van der Waals surface area contributed by atoms with E-state index >= 15 is 0 Å². The molecule has 0 bridgehead atoms. The van der Waals surface area contributed by atoms with Gasteiger partial charge in [-0.05, 0) is 17.7 Å². The van der Waals surface area contributed by atoms with Crippen LogP contribution in [0.25, 0.3) is 0 Å². The van der Waals surface area contributed by atoms with E-state index in [2.05, 4.69) is 15.5 Å². The number of pyridine rings is 1. The molecule has 2 aromatic rings. The van der Waals surface area contributed by atoms with E-state index in [-0.39, 0.29) is 23.8 Å². The van der Waals surface area contributed by atoms with Crippen molar-refractivity contribution in [2.45, 2.75) is 6.54 Å². The molecule has 8 heteroatoms. The fourth-order valence-electron chi connectivity index (χ4n) is 1.63. The third-order valence-corrected chi connectivity index (χ3v) is 2.69. The number of nitrogens with two attached hydrogens (primary N) is 1. The van der Waals surface area contributed by atoms with Crippen molar-refractivity contribution >= 4 is 11.5 Å². The van der Waals surface area contributed by atoms with Gasteiger partial charge in [-0.1, -0.05) is 5.16 Å². The summed E-state index contributed by atoms with van der Waals surface area (Å²) < 4.78 is 39.3. The Labute approximate surface area is 117 Å². The normalized spacial score (nSPS) is 11.5. The largest absolute Gasteiger partial charge is 0.409 e. The summed E-state index contributed by atoms with van der Waals surface area (Å²) in [6.45, 7) is 0.121. The number of amidine groups is 1. The van der Waals surface area contributed by atoms with E-state index < -0.39 is 17.5 Å². The Hall–Kier alpha value is -2.77. The molecular weight excluding hydrogens is 285 g/mol. The molecule has 0 radical (unpaired) electrons. The zero-order chi connectivity index (χ0) is 15.4. The highest BCUT2D eigenvalue weighted by atomic mass is 19.2. The fraction of sp³-hybridized carbons (Fsp3) is 0.0769. The van der Waals surface area contributed by atoms with E-state index in [4.69, 9.17) is 10.9 Å². The predicted molar refractivity (Wildman–Crippen MR) is 70.4 cm³/mol. The van der Waals surface area contributed by atoms with Crippen molar-refractivity contribution in [3.63, 3.8) is 0 Å². The van der Waals surface area contributed by atoms with Crippen LogP contribution < -0.4 is 11.1 Å². The quantitative estimate of drug-likeness (QED) is 0.265. The number of aromatic nitrogens is 1. The maximum atomic E-state index is 13.4. The van der Waals surface area contributed by atoms with Gasteiger partial charge in [-0.2, -0.15) is 0 Å². The summed E-state index contributed by atoms with van der Waals surface area (Å²) in [5.41, 5.74) is 6.10. The van der Waals surface area contributed by atoms with Crippen molar-refractivity contribution in [1.29, 1.82) is 0 Å². The molecule has 0 amide bonds. The van der Waals surface area contributed by atoms with Crippen LogP contribution in [0, 0.1) is 17.5 Å². The molecule has 0 aliphatic rings. The van der Waals surface area contributed by atoms with Gasteiger partial charge >= 0.3 is 0 Å². The molecule has 0 unspecified atom stereocenters. The number of benzene rings is 1. The van der Waals surface area contributed by atoms with E-state index in [0.29, 0.717) is 11.6 Å². The second kappa shape index (κ2) is 6.12. The molecule has 1 aromatic carbocycles. The molecule has 0 saturated heterocycles. The maximum absolute atomic E-state index is 13.4. The van der Waals surface area contributed by atoms with Crippen molar-refractivity contribution < 1.29 is 18.4 Å². The molecular formula is C13H11F3N4O. The van der Waals surface area contributed by atoms with Crippen molar-refractivity contribution in [3.8, 4) is 0 Å². The minimum Gasteiger partial charge on any atom is -0.409 e. The second-order valence-electron chi connectivity index (χ2n) is 4.13. The van der Waals surface area contributed by atoms with Crippen LogP contribution in [0.1, 0.15) is 11.3 Å². The van der Waals surface area contributed by atoms with Crippen molar-refractivity contribution in [2.75, 3.05) is 5.32 Å². The van der Waals surface area contributed by atoms with Gasteiger partial charge < -0.3 is 16.3 Å². The minimum atomic E-state index is -1.25. The number of rotatable bonds is 4. The number of halogens is 3. The molecule has 110 valence electrons. The molecule has 0 aliphatic heterocycles. The lowest BCUT2D eigenvalue weighted by molar-refractivity contribution is 0.318. The zero-order valence-electron chi connectivity index (χ0n) is 10.6. The number of oxime groups is 1. The first-order valence-electron chi connectivity index (χ1n) is 5.82. The summed E-state index contributed by atoms with van der Waals surface area (Å²) in [7, 11) is 0. The van der Waals surface area contributed by atoms with Crippen LogP contribution in [0.3, 0.4) is 0 Å². The highest BCUT2D eigenvalue weighted by molar-refractivity contribution is 5.95. The molecule has 21 heavy (non-hydrogen) atoms. The van der Waals surface area contributed by atoms with E-state index in [1.165, 1.54) is 12.3 Å². The smallest absolute Gasteiger partial charge is 0.188 e. The van der Waals surface area contributed by atoms with Crippen molar-refractivity contribution in [1.82, 2.24) is 4.98 Å². The monoisotopic (exact) mass is 296 g/mol. The molecule has 2 rings (SSSR count). The number of hydrogen-bond acceptors (Lipinski definition) is 4. The van der Waals surface area contributed by atoms with Crippen LogP contribution in [0.15, 0.2) is 35.6 Å². The third-order valence-electron chi connectivity index (χ3n) is 2.69. The van der Waals surface area contributed by atoms with E-state index in [9.17, 15) is 13.2 Å². The van der Waals surface area contributed by atoms with Gasteiger partial charge in [0, 0.05) is 24.9 Å². The molecule has 0 spiro atoms. The first-order chi connectivity index (χ1) is 10.0. The highest BCUT2D eigenvalue weighted by Crippen LogP contribution is 2.19. The Morgan fingerprint density at radius 2 is 1.90 bits per heavy atom. The summed E-state index contributed by atoms with van der Waals surface area (Å²) in [5.74, 6) is -3.47. The van der Waals surface area contributed by atoms with Crippen LogP contribution in [-0.4, -0.2) is 16.0 Å². The third kappa shape index (κ3) is 3.41. The molecule has 1 heterocycles. The van der Waals surface area contributed by atoms with E-state index in [0.717, 1.165) is 6.07 Å². The topological polar surface area (TPSA) is 83.5 Å². The number of hydrogen-bond donors (Lipinski definition) is 3. The minimum absolute atomic E-state index is 0.121. The van der Waals surface area contributed by atoms with Crippen molar-refractivity contribution in [2.24, 2.45) is 10.9 Å². The molecule has 1 aromatic heterocycles. The van der Waals surface area contributed by atoms with Crippen LogP contribution in [0.4, 0.5) is 18.9 Å². The first kappa shape index (κ1) is 14.6. The Kier molecular flexibility index (Phi) is 4.27. The lowest BCUT2D eigenvalue weighted by Crippen LogP contribution is -2.15. The summed E-state index contributed by atoms with van der Waals surface area (Å²) in [6.07, 6.45) is 1.42. The van der Waals surface area contributed by atoms with Gasteiger partial charge in [0.15, 0.2) is 17.5 Å². The van der Waals surface area contributed by atoms with E-state index in [1.807, 2.05) is 0 Å². The summed E-state index contributed by atoms with van der Waals surface area (Å²) in [6, 6.07) is 4.32. The Morgan fingerprint density at radius 3 is 2.62 bits per heavy atom. The van der Waals surface area contributed by atoms with Gasteiger partial charge in [0.2, 0.25) is 0 Å². The highest BCUT2D eigenvalue weighted by Gasteiger charge is 2.10. The van der Waals surface area contributed by atoms with Gasteiger partial charge in [-0.3, -0.25) is 4.98 Å². The average Bonchev–Trinajstić information content (AvgIpc) is 2.49. The lowest BCUT2D eigenvalue weighted by Gasteiger charge is -2.09. The molecule has 0 atom stereocenters. The molecule has 0 aliphatic carbocycles. The molecule has 5 nitrogen and oxygen atoms in total. The number of anilines is 1. The number of nitrogens with zero attached hydrogens (tertiary/aromatic N) is 2. The lowest BCUT2D eigenvalue weighted by atomic mass is 10.2. The summed E-state index contributed by atoms with van der Waals surface area (Å²) in [5, 5.41) is 14.0. The van der Waals surface area contributed by atoms with Crippen LogP contribution in [0.2, 0.25) is 0 Å². The maximum Gasteiger partial charge on any atom is 0.188 e. The van der Waals surface area contributed by atoms with Gasteiger partial charge in [-0.15, -0.1) is 0 Å². The fourth-order valence-corrected chi connectivity index (χ4v) is 1.63. The summed E-state index contributed by atoms with van der Waals surface area (Å²) >= 11 is 0. The standard InChI is InChI=1S/C13H11F3N4O/c14-8-4-10(16)11(5-9(8)15)19-6-7-1-2-18-12(3-7)13(17)20-21/h1-5,19,21H,6H2,(H2,17,20). The van der Waals surface area contributed by atoms with Gasteiger partial charge in [-0.25, -0.2) is 13.2 Å². The molecule has 0 saturated carbocycles. The SMILES string of the molecule is NC(=NO)c1cc(CNc2cc(F)c(F)cc2F)ccn1.